The lowest BCUT2D eigenvalue weighted by Gasteiger charge is -2.10. The first kappa shape index (κ1) is 16.9. The maximum Gasteiger partial charge on any atom is 0.323 e. The molecule has 0 aliphatic carbocycles. The molecule has 1 saturated heterocycles. The van der Waals surface area contributed by atoms with E-state index in [0.29, 0.717) is 10.5 Å². The summed E-state index contributed by atoms with van der Waals surface area (Å²) in [6.07, 6.45) is 1.59. The minimum atomic E-state index is -1.12. The molecule has 122 valence electrons. The van der Waals surface area contributed by atoms with E-state index >= 15 is 0 Å². The number of carbonyl (C=O) groups excluding carboxylic acids is 1. The number of benzene rings is 1. The molecule has 0 atom stereocenters. The van der Waals surface area contributed by atoms with Gasteiger partial charge in [-0.2, -0.15) is 0 Å². The van der Waals surface area contributed by atoms with Crippen molar-refractivity contribution in [2.75, 3.05) is 6.54 Å². The molecule has 0 spiro atoms. The highest BCUT2D eigenvalue weighted by Crippen LogP contribution is 2.34. The molecular formula is C16H11ClN2O3S2. The number of hydrogen-bond acceptors (Lipinski definition) is 5. The van der Waals surface area contributed by atoms with E-state index in [2.05, 4.69) is 4.98 Å². The summed E-state index contributed by atoms with van der Waals surface area (Å²) in [7, 11) is 0. The van der Waals surface area contributed by atoms with Gasteiger partial charge in [0.1, 0.15) is 16.0 Å². The fraction of sp³-hybridized carbons (Fsp3) is 0.125. The number of thiocarbonyl (C=S) groups is 1. The van der Waals surface area contributed by atoms with Crippen molar-refractivity contribution in [3.8, 4) is 0 Å². The number of rotatable bonds is 3. The number of thioether (sulfide) groups is 1. The first-order valence-electron chi connectivity index (χ1n) is 6.89. The monoisotopic (exact) mass is 378 g/mol. The van der Waals surface area contributed by atoms with Gasteiger partial charge in [-0.25, -0.2) is 4.98 Å². The van der Waals surface area contributed by atoms with E-state index < -0.39 is 18.4 Å². The number of aromatic nitrogens is 1. The van der Waals surface area contributed by atoms with Gasteiger partial charge in [0.2, 0.25) is 0 Å². The van der Waals surface area contributed by atoms with Crippen molar-refractivity contribution < 1.29 is 14.7 Å². The number of aryl methyl sites for hydroxylation is 1. The van der Waals surface area contributed by atoms with E-state index in [1.807, 2.05) is 31.2 Å². The molecule has 1 aromatic heterocycles. The van der Waals surface area contributed by atoms with Crippen molar-refractivity contribution in [1.29, 1.82) is 0 Å². The van der Waals surface area contributed by atoms with Crippen LogP contribution in [0.4, 0.5) is 0 Å². The molecule has 1 aromatic carbocycles. The van der Waals surface area contributed by atoms with Crippen LogP contribution in [0.25, 0.3) is 17.0 Å². The Morgan fingerprint density at radius 1 is 1.46 bits per heavy atom. The topological polar surface area (TPSA) is 70.5 Å². The number of nitrogens with zero attached hydrogens (tertiary/aromatic N) is 2. The zero-order valence-corrected chi connectivity index (χ0v) is 14.8. The van der Waals surface area contributed by atoms with E-state index in [0.717, 1.165) is 33.1 Å². The van der Waals surface area contributed by atoms with Crippen LogP contribution in [0.5, 0.6) is 0 Å². The zero-order valence-electron chi connectivity index (χ0n) is 12.4. The molecule has 1 aliphatic heterocycles. The van der Waals surface area contributed by atoms with Crippen molar-refractivity contribution in [3.63, 3.8) is 0 Å². The lowest BCUT2D eigenvalue weighted by atomic mass is 10.1. The minimum absolute atomic E-state index is 0.217. The molecule has 0 unspecified atom stereocenters. The van der Waals surface area contributed by atoms with Gasteiger partial charge >= 0.3 is 5.97 Å². The molecule has 1 amide bonds. The number of carbonyl (C=O) groups is 2. The second-order valence-electron chi connectivity index (χ2n) is 5.23. The molecule has 1 fully saturated rings. The molecule has 0 radical (unpaired) electrons. The Balaban J connectivity index is 1.99. The third kappa shape index (κ3) is 3.28. The van der Waals surface area contributed by atoms with Gasteiger partial charge in [-0.05, 0) is 30.7 Å². The SMILES string of the molecule is Cc1ccc2cc(C=C3SC(=S)N(CC(=O)O)C3=O)c(Cl)nc2c1. The largest absolute Gasteiger partial charge is 0.480 e. The van der Waals surface area contributed by atoms with Gasteiger partial charge in [-0.3, -0.25) is 14.5 Å². The molecule has 5 nitrogen and oxygen atoms in total. The molecule has 0 saturated carbocycles. The van der Waals surface area contributed by atoms with Gasteiger partial charge < -0.3 is 5.11 Å². The molecule has 1 aliphatic rings. The number of fused-ring (bicyclic) bond motifs is 1. The minimum Gasteiger partial charge on any atom is -0.480 e. The Bertz CT molecular complexity index is 927. The predicted octanol–water partition coefficient (Wildman–Crippen LogP) is 3.48. The van der Waals surface area contributed by atoms with Crippen molar-refractivity contribution in [3.05, 3.63) is 45.5 Å². The van der Waals surface area contributed by atoms with Crippen molar-refractivity contribution in [1.82, 2.24) is 9.88 Å². The second kappa shape index (κ2) is 6.51. The highest BCUT2D eigenvalue weighted by atomic mass is 35.5. The third-order valence-electron chi connectivity index (χ3n) is 3.41. The maximum atomic E-state index is 12.3. The number of pyridine rings is 1. The first-order valence-corrected chi connectivity index (χ1v) is 8.49. The third-order valence-corrected chi connectivity index (χ3v) is 5.09. The summed E-state index contributed by atoms with van der Waals surface area (Å²) in [5.74, 6) is -1.55. The second-order valence-corrected chi connectivity index (χ2v) is 7.26. The Morgan fingerprint density at radius 3 is 2.92 bits per heavy atom. The summed E-state index contributed by atoms with van der Waals surface area (Å²) >= 11 is 12.3. The number of hydrogen-bond donors (Lipinski definition) is 1. The highest BCUT2D eigenvalue weighted by Gasteiger charge is 2.33. The summed E-state index contributed by atoms with van der Waals surface area (Å²) in [5.41, 5.74) is 2.44. The normalized spacial score (nSPS) is 16.4. The fourth-order valence-electron chi connectivity index (χ4n) is 2.28. The van der Waals surface area contributed by atoms with Gasteiger partial charge in [-0.15, -0.1) is 0 Å². The Morgan fingerprint density at radius 2 is 2.21 bits per heavy atom. The van der Waals surface area contributed by atoms with Crippen LogP contribution in [-0.4, -0.2) is 37.7 Å². The van der Waals surface area contributed by atoms with Gasteiger partial charge in [0.15, 0.2) is 0 Å². The predicted molar refractivity (Wildman–Crippen MR) is 99.0 cm³/mol. The smallest absolute Gasteiger partial charge is 0.323 e. The fourth-order valence-corrected chi connectivity index (χ4v) is 3.73. The standard InChI is InChI=1S/C16H11ClN2O3S2/c1-8-2-3-9-5-10(14(17)18-11(9)4-8)6-12-15(22)19(7-13(20)21)16(23)24-12/h2-6H,7H2,1H3,(H,20,21). The molecule has 2 heterocycles. The molecule has 24 heavy (non-hydrogen) atoms. The van der Waals surface area contributed by atoms with Crippen LogP contribution in [0, 0.1) is 6.92 Å². The van der Waals surface area contributed by atoms with E-state index in [1.54, 1.807) is 6.08 Å². The van der Waals surface area contributed by atoms with Gasteiger partial charge in [0.05, 0.1) is 10.4 Å². The molecule has 8 heteroatoms. The van der Waals surface area contributed by atoms with Crippen LogP contribution in [0.1, 0.15) is 11.1 Å². The van der Waals surface area contributed by atoms with Gasteiger partial charge in [-0.1, -0.05) is 47.7 Å². The van der Waals surface area contributed by atoms with E-state index in [1.165, 1.54) is 0 Å². The molecule has 0 bridgehead atoms. The summed E-state index contributed by atoms with van der Waals surface area (Å²) in [6, 6.07) is 7.67. The summed E-state index contributed by atoms with van der Waals surface area (Å²) in [4.78, 5) is 28.9. The average Bonchev–Trinajstić information content (AvgIpc) is 2.75. The number of halogens is 1. The summed E-state index contributed by atoms with van der Waals surface area (Å²) in [6.45, 7) is 1.52. The Labute approximate surface area is 152 Å². The first-order chi connectivity index (χ1) is 11.3. The van der Waals surface area contributed by atoms with E-state index in [4.69, 9.17) is 28.9 Å². The van der Waals surface area contributed by atoms with Crippen molar-refractivity contribution >= 4 is 68.8 Å². The molecular weight excluding hydrogens is 368 g/mol. The number of aliphatic carboxylic acids is 1. The number of carboxylic acids is 1. The molecule has 2 aromatic rings. The van der Waals surface area contributed by atoms with Crippen LogP contribution in [0.3, 0.4) is 0 Å². The lowest BCUT2D eigenvalue weighted by Crippen LogP contribution is -2.33. The van der Waals surface area contributed by atoms with E-state index in [-0.39, 0.29) is 9.47 Å². The van der Waals surface area contributed by atoms with E-state index in [9.17, 15) is 9.59 Å². The van der Waals surface area contributed by atoms with Gasteiger partial charge in [0.25, 0.3) is 5.91 Å². The average molecular weight is 379 g/mol. The van der Waals surface area contributed by atoms with Crippen LogP contribution in [-0.2, 0) is 9.59 Å². The summed E-state index contributed by atoms with van der Waals surface area (Å²) < 4.78 is 0.217. The van der Waals surface area contributed by atoms with Crippen molar-refractivity contribution in [2.24, 2.45) is 0 Å². The lowest BCUT2D eigenvalue weighted by molar-refractivity contribution is -0.140. The Kier molecular flexibility index (Phi) is 4.58. The highest BCUT2D eigenvalue weighted by molar-refractivity contribution is 8.26. The molecule has 3 rings (SSSR count). The number of carboxylic acid groups (broad SMARTS) is 1. The van der Waals surface area contributed by atoms with Crippen LogP contribution in [0.2, 0.25) is 5.15 Å². The van der Waals surface area contributed by atoms with Crippen LogP contribution >= 0.6 is 35.6 Å². The van der Waals surface area contributed by atoms with Crippen molar-refractivity contribution in [2.45, 2.75) is 6.92 Å². The summed E-state index contributed by atoms with van der Waals surface area (Å²) in [5, 5.41) is 10.0. The zero-order chi connectivity index (χ0) is 17.4. The maximum absolute atomic E-state index is 12.3. The van der Waals surface area contributed by atoms with Crippen LogP contribution < -0.4 is 0 Å². The number of amides is 1. The Hall–Kier alpha value is -1.96. The van der Waals surface area contributed by atoms with Gasteiger partial charge in [0, 0.05) is 10.9 Å². The quantitative estimate of drug-likeness (QED) is 0.501. The molecule has 1 N–H and O–H groups in total. The van der Waals surface area contributed by atoms with Crippen LogP contribution in [0.15, 0.2) is 29.2 Å².